The van der Waals surface area contributed by atoms with Crippen LogP contribution in [0.25, 0.3) is 0 Å². The van der Waals surface area contributed by atoms with Gasteiger partial charge in [0.25, 0.3) is 11.6 Å². The van der Waals surface area contributed by atoms with Crippen molar-refractivity contribution in [3.8, 4) is 0 Å². The van der Waals surface area contributed by atoms with E-state index in [0.29, 0.717) is 5.76 Å². The predicted molar refractivity (Wildman–Crippen MR) is 77.1 cm³/mol. The fraction of sp³-hybridized carbons (Fsp3) is 0.154. The first-order valence-corrected chi connectivity index (χ1v) is 6.33. The average Bonchev–Trinajstić information content (AvgIpc) is 2.84. The smallest absolute Gasteiger partial charge is 0.294 e. The van der Waals surface area contributed by atoms with E-state index in [-0.39, 0.29) is 22.8 Å². The van der Waals surface area contributed by atoms with Gasteiger partial charge in [-0.1, -0.05) is 11.6 Å². The molecule has 0 fully saturated rings. The third kappa shape index (κ3) is 3.32. The number of benzene rings is 1. The number of carbonyl (C=O) groups excluding carboxylic acids is 1. The normalized spacial score (nSPS) is 10.4. The molecule has 8 heteroatoms. The molecule has 0 bridgehead atoms. The summed E-state index contributed by atoms with van der Waals surface area (Å²) in [7, 11) is 0. The number of nitrogen functional groups attached to an aromatic ring is 1. The van der Waals surface area contributed by atoms with Crippen molar-refractivity contribution in [2.75, 3.05) is 5.73 Å². The number of nitrogens with zero attached hydrogens (tertiary/aromatic N) is 1. The molecule has 1 aromatic carbocycles. The predicted octanol–water partition coefficient (Wildman–Crippen LogP) is 2.66. The zero-order chi connectivity index (χ0) is 15.6. The zero-order valence-electron chi connectivity index (χ0n) is 11.1. The van der Waals surface area contributed by atoms with Gasteiger partial charge in [-0.3, -0.25) is 14.9 Å². The highest BCUT2D eigenvalue weighted by atomic mass is 35.5. The maximum atomic E-state index is 12.0. The van der Waals surface area contributed by atoms with E-state index in [1.54, 1.807) is 19.1 Å². The van der Waals surface area contributed by atoms with Gasteiger partial charge in [-0.15, -0.1) is 0 Å². The number of rotatable bonds is 4. The number of aryl methyl sites for hydroxylation is 1. The number of anilines is 1. The van der Waals surface area contributed by atoms with E-state index < -0.39 is 16.5 Å². The number of carbonyl (C=O) groups is 1. The lowest BCUT2D eigenvalue weighted by atomic mass is 10.1. The SMILES string of the molecule is Cc1ccc(CNC(=O)c2cc(Cl)c(N)c([N+](=O)[O-])c2)o1. The van der Waals surface area contributed by atoms with Crippen molar-refractivity contribution in [2.45, 2.75) is 13.5 Å². The van der Waals surface area contributed by atoms with Gasteiger partial charge in [0, 0.05) is 11.6 Å². The summed E-state index contributed by atoms with van der Waals surface area (Å²) < 4.78 is 5.31. The molecule has 7 nitrogen and oxygen atoms in total. The minimum absolute atomic E-state index is 0.0387. The molecule has 1 amide bonds. The number of nitro benzene ring substituents is 1. The molecule has 0 aliphatic rings. The van der Waals surface area contributed by atoms with E-state index in [0.717, 1.165) is 11.8 Å². The number of hydrogen-bond acceptors (Lipinski definition) is 5. The van der Waals surface area contributed by atoms with Crippen LogP contribution in [0.2, 0.25) is 5.02 Å². The molecule has 2 rings (SSSR count). The number of amides is 1. The molecule has 1 heterocycles. The summed E-state index contributed by atoms with van der Waals surface area (Å²) in [5, 5.41) is 13.4. The maximum absolute atomic E-state index is 12.0. The van der Waals surface area contributed by atoms with Gasteiger partial charge in [0.2, 0.25) is 0 Å². The summed E-state index contributed by atoms with van der Waals surface area (Å²) in [6, 6.07) is 5.87. The van der Waals surface area contributed by atoms with Gasteiger partial charge in [-0.2, -0.15) is 0 Å². The maximum Gasteiger partial charge on any atom is 0.294 e. The zero-order valence-corrected chi connectivity index (χ0v) is 11.8. The average molecular weight is 310 g/mol. The Hall–Kier alpha value is -2.54. The standard InChI is InChI=1S/C13H12ClN3O4/c1-7-2-3-9(21-7)6-16-13(18)8-4-10(14)12(15)11(5-8)17(19)20/h2-5H,6,15H2,1H3,(H,16,18). The number of nitro groups is 1. The number of nitrogens with one attached hydrogen (secondary N) is 1. The molecule has 110 valence electrons. The third-order valence-electron chi connectivity index (χ3n) is 2.79. The van der Waals surface area contributed by atoms with Crippen LogP contribution in [-0.2, 0) is 6.54 Å². The van der Waals surface area contributed by atoms with Crippen molar-refractivity contribution in [2.24, 2.45) is 0 Å². The topological polar surface area (TPSA) is 111 Å². The largest absolute Gasteiger partial charge is 0.465 e. The quantitative estimate of drug-likeness (QED) is 0.512. The van der Waals surface area contributed by atoms with Crippen LogP contribution in [0.5, 0.6) is 0 Å². The molecule has 0 spiro atoms. The number of halogens is 1. The molecule has 1 aromatic heterocycles. The molecule has 0 saturated heterocycles. The van der Waals surface area contributed by atoms with Crippen LogP contribution >= 0.6 is 11.6 Å². The van der Waals surface area contributed by atoms with Crippen molar-refractivity contribution in [1.29, 1.82) is 0 Å². The number of nitrogens with two attached hydrogens (primary N) is 1. The van der Waals surface area contributed by atoms with E-state index in [2.05, 4.69) is 5.32 Å². The van der Waals surface area contributed by atoms with Crippen molar-refractivity contribution in [3.63, 3.8) is 0 Å². The van der Waals surface area contributed by atoms with Crippen LogP contribution in [0.4, 0.5) is 11.4 Å². The van der Waals surface area contributed by atoms with Gasteiger partial charge < -0.3 is 15.5 Å². The summed E-state index contributed by atoms with van der Waals surface area (Å²) in [6.45, 7) is 1.96. The van der Waals surface area contributed by atoms with Crippen molar-refractivity contribution < 1.29 is 14.1 Å². The number of furan rings is 1. The van der Waals surface area contributed by atoms with Crippen molar-refractivity contribution >= 4 is 28.9 Å². The summed E-state index contributed by atoms with van der Waals surface area (Å²) in [5.74, 6) is 0.802. The Kier molecular flexibility index (Phi) is 4.13. The molecule has 0 radical (unpaired) electrons. The molecule has 2 aromatic rings. The van der Waals surface area contributed by atoms with Gasteiger partial charge in [-0.25, -0.2) is 0 Å². The second-order valence-corrected chi connectivity index (χ2v) is 4.75. The minimum atomic E-state index is -0.687. The summed E-state index contributed by atoms with van der Waals surface area (Å²) in [6.07, 6.45) is 0. The molecule has 0 aliphatic carbocycles. The Balaban J connectivity index is 2.17. The van der Waals surface area contributed by atoms with Crippen LogP contribution in [0.1, 0.15) is 21.9 Å². The van der Waals surface area contributed by atoms with E-state index in [1.165, 1.54) is 6.07 Å². The molecule has 0 atom stereocenters. The van der Waals surface area contributed by atoms with E-state index >= 15 is 0 Å². The highest BCUT2D eigenvalue weighted by molar-refractivity contribution is 6.34. The monoisotopic (exact) mass is 309 g/mol. The van der Waals surface area contributed by atoms with Crippen LogP contribution in [0.15, 0.2) is 28.7 Å². The van der Waals surface area contributed by atoms with Crippen molar-refractivity contribution in [3.05, 3.63) is 56.5 Å². The second kappa shape index (κ2) is 5.84. The fourth-order valence-corrected chi connectivity index (χ4v) is 1.95. The Labute approximate surface area is 124 Å². The minimum Gasteiger partial charge on any atom is -0.465 e. The van der Waals surface area contributed by atoms with Gasteiger partial charge >= 0.3 is 0 Å². The molecular formula is C13H12ClN3O4. The summed E-state index contributed by atoms with van der Waals surface area (Å²) >= 11 is 5.80. The summed E-state index contributed by atoms with van der Waals surface area (Å²) in [5.41, 5.74) is 4.99. The van der Waals surface area contributed by atoms with Crippen LogP contribution in [0.3, 0.4) is 0 Å². The number of hydrogen-bond donors (Lipinski definition) is 2. The fourth-order valence-electron chi connectivity index (χ4n) is 1.74. The highest BCUT2D eigenvalue weighted by Gasteiger charge is 2.19. The Morgan fingerprint density at radius 3 is 2.76 bits per heavy atom. The van der Waals surface area contributed by atoms with Gasteiger partial charge in [0.15, 0.2) is 0 Å². The first-order chi connectivity index (χ1) is 9.88. The van der Waals surface area contributed by atoms with Crippen LogP contribution in [0, 0.1) is 17.0 Å². The van der Waals surface area contributed by atoms with Crippen LogP contribution in [-0.4, -0.2) is 10.8 Å². The van der Waals surface area contributed by atoms with E-state index in [1.807, 2.05) is 0 Å². The molecule has 21 heavy (non-hydrogen) atoms. The van der Waals surface area contributed by atoms with Gasteiger partial charge in [-0.05, 0) is 25.1 Å². The van der Waals surface area contributed by atoms with E-state index in [9.17, 15) is 14.9 Å². The lowest BCUT2D eigenvalue weighted by Crippen LogP contribution is -2.22. The molecule has 3 N–H and O–H groups in total. The molecule has 0 saturated carbocycles. The van der Waals surface area contributed by atoms with Gasteiger partial charge in [0.1, 0.15) is 17.2 Å². The van der Waals surface area contributed by atoms with E-state index in [4.69, 9.17) is 21.8 Å². The molecular weight excluding hydrogens is 298 g/mol. The molecule has 0 aliphatic heterocycles. The second-order valence-electron chi connectivity index (χ2n) is 4.34. The lowest BCUT2D eigenvalue weighted by molar-refractivity contribution is -0.383. The Bertz CT molecular complexity index is 711. The van der Waals surface area contributed by atoms with Crippen LogP contribution < -0.4 is 11.1 Å². The Morgan fingerprint density at radius 1 is 1.48 bits per heavy atom. The van der Waals surface area contributed by atoms with Crippen molar-refractivity contribution in [1.82, 2.24) is 5.32 Å². The Morgan fingerprint density at radius 2 is 2.19 bits per heavy atom. The van der Waals surface area contributed by atoms with Gasteiger partial charge in [0.05, 0.1) is 16.5 Å². The first kappa shape index (κ1) is 14.9. The molecule has 0 unspecified atom stereocenters. The highest BCUT2D eigenvalue weighted by Crippen LogP contribution is 2.30. The summed E-state index contributed by atoms with van der Waals surface area (Å²) in [4.78, 5) is 22.2. The lowest BCUT2D eigenvalue weighted by Gasteiger charge is -2.06. The third-order valence-corrected chi connectivity index (χ3v) is 3.10. The first-order valence-electron chi connectivity index (χ1n) is 5.95.